The van der Waals surface area contributed by atoms with E-state index in [0.29, 0.717) is 12.8 Å². The van der Waals surface area contributed by atoms with Gasteiger partial charge in [-0.1, -0.05) is 6.07 Å². The number of hydrogen-bond donors (Lipinski definition) is 1. The Labute approximate surface area is 199 Å². The van der Waals surface area contributed by atoms with Crippen molar-refractivity contribution in [2.75, 3.05) is 36.6 Å². The van der Waals surface area contributed by atoms with E-state index in [2.05, 4.69) is 5.32 Å². The summed E-state index contributed by atoms with van der Waals surface area (Å²) in [6, 6.07) is 12.6. The molecule has 0 aliphatic carbocycles. The van der Waals surface area contributed by atoms with Gasteiger partial charge in [0, 0.05) is 42.3 Å². The van der Waals surface area contributed by atoms with Crippen LogP contribution in [-0.2, 0) is 25.0 Å². The number of sulfonamides is 1. The second kappa shape index (κ2) is 8.77. The summed E-state index contributed by atoms with van der Waals surface area (Å²) in [5.41, 5.74) is 1.44. The van der Waals surface area contributed by atoms with Gasteiger partial charge < -0.3 is 10.2 Å². The Hall–Kier alpha value is -2.36. The predicted octanol–water partition coefficient (Wildman–Crippen LogP) is 3.70. The average molecular weight is 488 g/mol. The Bertz CT molecular complexity index is 1200. The van der Waals surface area contributed by atoms with Crippen LogP contribution >= 0.6 is 11.8 Å². The lowest BCUT2D eigenvalue weighted by Crippen LogP contribution is -2.41. The zero-order chi connectivity index (χ0) is 24.0. The molecule has 2 aromatic rings. The molecule has 0 unspecified atom stereocenters. The molecule has 0 atom stereocenters. The van der Waals surface area contributed by atoms with Gasteiger partial charge in [-0.2, -0.15) is 4.31 Å². The van der Waals surface area contributed by atoms with Crippen LogP contribution in [0.15, 0.2) is 52.3 Å². The van der Waals surface area contributed by atoms with Crippen LogP contribution in [0.5, 0.6) is 0 Å². The van der Waals surface area contributed by atoms with Crippen LogP contribution < -0.4 is 10.2 Å². The van der Waals surface area contributed by atoms with Gasteiger partial charge in [0.1, 0.15) is 0 Å². The quantitative estimate of drug-likeness (QED) is 0.650. The summed E-state index contributed by atoms with van der Waals surface area (Å²) in [5, 5.41) is 2.96. The van der Waals surface area contributed by atoms with E-state index in [-0.39, 0.29) is 35.7 Å². The Balaban J connectivity index is 1.45. The third-order valence-corrected chi connectivity index (χ3v) is 9.26. The average Bonchev–Trinajstić information content (AvgIpc) is 2.99. The number of benzene rings is 2. The van der Waals surface area contributed by atoms with Crippen LogP contribution in [-0.4, -0.2) is 50.9 Å². The minimum Gasteiger partial charge on any atom is -0.326 e. The molecule has 2 amide bonds. The molecule has 0 radical (unpaired) electrons. The smallest absolute Gasteiger partial charge is 0.243 e. The number of anilines is 2. The van der Waals surface area contributed by atoms with Crippen molar-refractivity contribution in [2.45, 2.75) is 41.9 Å². The number of thioether (sulfide) groups is 1. The molecule has 7 nitrogen and oxygen atoms in total. The maximum Gasteiger partial charge on any atom is 0.243 e. The van der Waals surface area contributed by atoms with Crippen molar-refractivity contribution >= 4 is 45.0 Å². The molecule has 0 spiro atoms. The summed E-state index contributed by atoms with van der Waals surface area (Å²) >= 11 is 1.61. The van der Waals surface area contributed by atoms with E-state index in [1.165, 1.54) is 4.31 Å². The van der Waals surface area contributed by atoms with Gasteiger partial charge in [-0.25, -0.2) is 8.42 Å². The highest BCUT2D eigenvalue weighted by atomic mass is 32.2. The SMILES string of the molecule is CSc1cccc(NC(=O)C2CCN(S(=O)(=O)c3ccc4c(c3)C(C)(C)C(=O)N4C)CC2)c1. The maximum atomic E-state index is 13.3. The number of hydrogen-bond acceptors (Lipinski definition) is 5. The highest BCUT2D eigenvalue weighted by Crippen LogP contribution is 2.42. The van der Waals surface area contributed by atoms with Crippen LogP contribution in [0.2, 0.25) is 0 Å². The molecule has 9 heteroatoms. The topological polar surface area (TPSA) is 86.8 Å². The van der Waals surface area contributed by atoms with Gasteiger partial charge >= 0.3 is 0 Å². The fraction of sp³-hybridized carbons (Fsp3) is 0.417. The van der Waals surface area contributed by atoms with Crippen molar-refractivity contribution < 1.29 is 18.0 Å². The van der Waals surface area contributed by atoms with Crippen LogP contribution in [0.25, 0.3) is 0 Å². The Morgan fingerprint density at radius 2 is 1.82 bits per heavy atom. The monoisotopic (exact) mass is 487 g/mol. The minimum absolute atomic E-state index is 0.0538. The van der Waals surface area contributed by atoms with Gasteiger partial charge in [0.05, 0.1) is 10.3 Å². The largest absolute Gasteiger partial charge is 0.326 e. The first-order chi connectivity index (χ1) is 15.6. The maximum absolute atomic E-state index is 13.3. The van der Waals surface area contributed by atoms with Gasteiger partial charge in [0.15, 0.2) is 0 Å². The lowest BCUT2D eigenvalue weighted by atomic mass is 9.86. The van der Waals surface area contributed by atoms with Gasteiger partial charge in [-0.3, -0.25) is 9.59 Å². The number of piperidine rings is 1. The predicted molar refractivity (Wildman–Crippen MR) is 131 cm³/mol. The lowest BCUT2D eigenvalue weighted by Gasteiger charge is -2.30. The summed E-state index contributed by atoms with van der Waals surface area (Å²) in [7, 11) is -2.01. The Morgan fingerprint density at radius 1 is 1.12 bits per heavy atom. The molecule has 1 N–H and O–H groups in total. The van der Waals surface area contributed by atoms with Crippen LogP contribution in [0.4, 0.5) is 11.4 Å². The van der Waals surface area contributed by atoms with Crippen molar-refractivity contribution in [3.8, 4) is 0 Å². The standard InChI is InChI=1S/C24H29N3O4S2/c1-24(2)20-15-19(8-9-21(20)26(3)23(24)29)33(30,31)27-12-10-16(11-13-27)22(28)25-17-6-5-7-18(14-17)32-4/h5-9,14-16H,10-13H2,1-4H3,(H,25,28). The molecule has 33 heavy (non-hydrogen) atoms. The Morgan fingerprint density at radius 3 is 2.48 bits per heavy atom. The second-order valence-electron chi connectivity index (χ2n) is 9.07. The van der Waals surface area contributed by atoms with Crippen molar-refractivity contribution in [3.05, 3.63) is 48.0 Å². The molecule has 2 aliphatic rings. The van der Waals surface area contributed by atoms with E-state index in [1.807, 2.05) is 44.4 Å². The number of nitrogens with one attached hydrogen (secondary N) is 1. The molecule has 1 saturated heterocycles. The molecule has 2 aliphatic heterocycles. The van der Waals surface area contributed by atoms with Crippen LogP contribution in [0.1, 0.15) is 32.3 Å². The number of likely N-dealkylation sites (N-methyl/N-ethyl adjacent to an activating group) is 1. The van der Waals surface area contributed by atoms with Gasteiger partial charge in [-0.05, 0) is 74.9 Å². The fourth-order valence-electron chi connectivity index (χ4n) is 4.57. The van der Waals surface area contributed by atoms with E-state index >= 15 is 0 Å². The van der Waals surface area contributed by atoms with E-state index < -0.39 is 15.4 Å². The summed E-state index contributed by atoms with van der Waals surface area (Å²) < 4.78 is 28.1. The third-order valence-electron chi connectivity index (χ3n) is 6.64. The molecule has 4 rings (SSSR count). The van der Waals surface area contributed by atoms with E-state index in [1.54, 1.807) is 41.9 Å². The molecule has 176 valence electrons. The van der Waals surface area contributed by atoms with Crippen LogP contribution in [0.3, 0.4) is 0 Å². The van der Waals surface area contributed by atoms with Crippen molar-refractivity contribution in [1.29, 1.82) is 0 Å². The number of nitrogens with zero attached hydrogens (tertiary/aromatic N) is 2. The van der Waals surface area contributed by atoms with Gasteiger partial charge in [0.25, 0.3) is 0 Å². The summed E-state index contributed by atoms with van der Waals surface area (Å²) in [6.45, 7) is 4.19. The van der Waals surface area contributed by atoms with E-state index in [4.69, 9.17) is 0 Å². The summed E-state index contributed by atoms with van der Waals surface area (Å²) in [5.74, 6) is -0.368. The van der Waals surface area contributed by atoms with Gasteiger partial charge in [-0.15, -0.1) is 11.8 Å². The molecule has 2 aromatic carbocycles. The second-order valence-corrected chi connectivity index (χ2v) is 11.9. The normalized spacial score (nSPS) is 18.9. The molecule has 1 fully saturated rings. The molecule has 0 saturated carbocycles. The molecular weight excluding hydrogens is 458 g/mol. The number of amides is 2. The number of carbonyl (C=O) groups is 2. The zero-order valence-electron chi connectivity index (χ0n) is 19.3. The third kappa shape index (κ3) is 4.29. The summed E-state index contributed by atoms with van der Waals surface area (Å²) in [6.07, 6.45) is 2.91. The van der Waals surface area contributed by atoms with Gasteiger partial charge in [0.2, 0.25) is 21.8 Å². The molecular formula is C24H29N3O4S2. The fourth-order valence-corrected chi connectivity index (χ4v) is 6.52. The molecule has 0 bridgehead atoms. The molecule has 0 aromatic heterocycles. The summed E-state index contributed by atoms with van der Waals surface area (Å²) in [4.78, 5) is 28.1. The van der Waals surface area contributed by atoms with Crippen molar-refractivity contribution in [1.82, 2.24) is 4.31 Å². The number of rotatable bonds is 5. The highest BCUT2D eigenvalue weighted by Gasteiger charge is 2.43. The minimum atomic E-state index is -3.72. The number of fused-ring (bicyclic) bond motifs is 1. The van der Waals surface area contributed by atoms with E-state index in [0.717, 1.165) is 21.8 Å². The first-order valence-electron chi connectivity index (χ1n) is 10.9. The highest BCUT2D eigenvalue weighted by molar-refractivity contribution is 7.98. The first-order valence-corrected chi connectivity index (χ1v) is 13.6. The zero-order valence-corrected chi connectivity index (χ0v) is 20.9. The first kappa shape index (κ1) is 23.8. The van der Waals surface area contributed by atoms with Crippen molar-refractivity contribution in [3.63, 3.8) is 0 Å². The lowest BCUT2D eigenvalue weighted by molar-refractivity contribution is -0.122. The van der Waals surface area contributed by atoms with E-state index in [9.17, 15) is 18.0 Å². The molecule has 2 heterocycles. The van der Waals surface area contributed by atoms with Crippen LogP contribution in [0, 0.1) is 5.92 Å². The Kier molecular flexibility index (Phi) is 6.32. The number of carbonyl (C=O) groups excluding carboxylic acids is 2. The van der Waals surface area contributed by atoms with Crippen molar-refractivity contribution in [2.24, 2.45) is 5.92 Å².